The molecule has 1 aliphatic carbocycles. The minimum absolute atomic E-state index is 0.411. The van der Waals surface area contributed by atoms with Crippen LogP contribution in [-0.2, 0) is 10.0 Å². The van der Waals surface area contributed by atoms with Crippen LogP contribution >= 0.6 is 0 Å². The van der Waals surface area contributed by atoms with E-state index in [4.69, 9.17) is 0 Å². The molecule has 0 heterocycles. The minimum atomic E-state index is -3.39. The molecule has 0 saturated heterocycles. The predicted molar refractivity (Wildman–Crippen MR) is 76.5 cm³/mol. The average molecular weight is 275 g/mol. The summed E-state index contributed by atoms with van der Waals surface area (Å²) in [5.74, 6) is 0.551. The highest BCUT2D eigenvalue weighted by atomic mass is 32.2. The number of benzene rings is 2. The van der Waals surface area contributed by atoms with Gasteiger partial charge in [0.05, 0.1) is 4.90 Å². The Balaban J connectivity index is 2.07. The molecule has 0 aromatic heterocycles. The fraction of sp³-hybridized carbons (Fsp3) is 0.333. The van der Waals surface area contributed by atoms with Gasteiger partial charge in [0.1, 0.15) is 0 Å². The van der Waals surface area contributed by atoms with E-state index >= 15 is 0 Å². The quantitative estimate of drug-likeness (QED) is 0.860. The van der Waals surface area contributed by atoms with Gasteiger partial charge in [0, 0.05) is 19.0 Å². The van der Waals surface area contributed by atoms with Crippen LogP contribution in [0.4, 0.5) is 0 Å². The summed E-state index contributed by atoms with van der Waals surface area (Å²) < 4.78 is 26.8. The Morgan fingerprint density at radius 1 is 1.11 bits per heavy atom. The molecule has 0 N–H and O–H groups in total. The number of fused-ring (bicyclic) bond motifs is 1. The average Bonchev–Trinajstić information content (AvgIpc) is 3.22. The van der Waals surface area contributed by atoms with Crippen LogP contribution in [0.25, 0.3) is 10.8 Å². The van der Waals surface area contributed by atoms with Gasteiger partial charge in [-0.3, -0.25) is 0 Å². The van der Waals surface area contributed by atoms with E-state index in [-0.39, 0.29) is 0 Å². The fourth-order valence-electron chi connectivity index (χ4n) is 2.35. The molecule has 1 saturated carbocycles. The molecular formula is C15H17NO2S. The Hall–Kier alpha value is -1.39. The zero-order valence-electron chi connectivity index (χ0n) is 10.9. The summed E-state index contributed by atoms with van der Waals surface area (Å²) in [6.07, 6.45) is 2.30. The lowest BCUT2D eigenvalue weighted by Crippen LogP contribution is -2.29. The van der Waals surface area contributed by atoms with Crippen LogP contribution in [0.1, 0.15) is 12.8 Å². The van der Waals surface area contributed by atoms with Gasteiger partial charge in [0.15, 0.2) is 0 Å². The number of hydrogen-bond acceptors (Lipinski definition) is 2. The number of hydrogen-bond donors (Lipinski definition) is 0. The summed E-state index contributed by atoms with van der Waals surface area (Å²) in [6, 6.07) is 13.0. The summed E-state index contributed by atoms with van der Waals surface area (Å²) in [5.41, 5.74) is 0. The van der Waals surface area contributed by atoms with Gasteiger partial charge in [-0.05, 0) is 30.2 Å². The highest BCUT2D eigenvalue weighted by Gasteiger charge is 2.29. The molecule has 1 fully saturated rings. The van der Waals surface area contributed by atoms with Crippen LogP contribution in [0.2, 0.25) is 0 Å². The van der Waals surface area contributed by atoms with Gasteiger partial charge in [-0.1, -0.05) is 36.4 Å². The first-order valence-corrected chi connectivity index (χ1v) is 7.97. The summed E-state index contributed by atoms with van der Waals surface area (Å²) in [6.45, 7) is 0.631. The Morgan fingerprint density at radius 2 is 1.79 bits per heavy atom. The molecular weight excluding hydrogens is 258 g/mol. The monoisotopic (exact) mass is 275 g/mol. The molecule has 0 spiro atoms. The van der Waals surface area contributed by atoms with Crippen molar-refractivity contribution >= 4 is 20.8 Å². The van der Waals surface area contributed by atoms with E-state index < -0.39 is 10.0 Å². The number of rotatable bonds is 4. The predicted octanol–water partition coefficient (Wildman–Crippen LogP) is 2.87. The molecule has 2 aromatic rings. The van der Waals surface area contributed by atoms with Crippen molar-refractivity contribution in [2.45, 2.75) is 17.7 Å². The molecule has 3 nitrogen and oxygen atoms in total. The molecule has 19 heavy (non-hydrogen) atoms. The van der Waals surface area contributed by atoms with Crippen molar-refractivity contribution in [3.63, 3.8) is 0 Å². The van der Waals surface area contributed by atoms with E-state index in [0.717, 1.165) is 23.6 Å². The lowest BCUT2D eigenvalue weighted by molar-refractivity contribution is 0.453. The van der Waals surface area contributed by atoms with Crippen LogP contribution in [0.15, 0.2) is 47.4 Å². The molecule has 1 aliphatic rings. The van der Waals surface area contributed by atoms with Gasteiger partial charge in [0.2, 0.25) is 10.0 Å². The van der Waals surface area contributed by atoms with Gasteiger partial charge in [-0.2, -0.15) is 0 Å². The first-order chi connectivity index (χ1) is 9.09. The lowest BCUT2D eigenvalue weighted by Gasteiger charge is -2.18. The summed E-state index contributed by atoms with van der Waals surface area (Å²) in [4.78, 5) is 0.411. The van der Waals surface area contributed by atoms with Crippen LogP contribution in [0.5, 0.6) is 0 Å². The fourth-order valence-corrected chi connectivity index (χ4v) is 3.81. The Labute approximate surface area is 113 Å². The molecule has 0 unspecified atom stereocenters. The first-order valence-electron chi connectivity index (χ1n) is 6.53. The summed E-state index contributed by atoms with van der Waals surface area (Å²) >= 11 is 0. The van der Waals surface area contributed by atoms with Crippen LogP contribution < -0.4 is 0 Å². The summed E-state index contributed by atoms with van der Waals surface area (Å²) in [7, 11) is -1.71. The summed E-state index contributed by atoms with van der Waals surface area (Å²) in [5, 5.41) is 1.76. The second kappa shape index (κ2) is 4.62. The van der Waals surface area contributed by atoms with Crippen molar-refractivity contribution in [1.29, 1.82) is 0 Å². The van der Waals surface area contributed by atoms with E-state index in [1.165, 1.54) is 4.31 Å². The van der Waals surface area contributed by atoms with Gasteiger partial charge < -0.3 is 0 Å². The number of nitrogens with zero attached hydrogens (tertiary/aromatic N) is 1. The molecule has 0 atom stereocenters. The van der Waals surface area contributed by atoms with Gasteiger partial charge in [0.25, 0.3) is 0 Å². The topological polar surface area (TPSA) is 37.4 Å². The van der Waals surface area contributed by atoms with E-state index in [1.54, 1.807) is 19.2 Å². The molecule has 100 valence electrons. The third kappa shape index (κ3) is 2.38. The number of sulfonamides is 1. The van der Waals surface area contributed by atoms with Gasteiger partial charge in [-0.15, -0.1) is 0 Å². The molecule has 2 aromatic carbocycles. The van der Waals surface area contributed by atoms with Gasteiger partial charge >= 0.3 is 0 Å². The van der Waals surface area contributed by atoms with Gasteiger partial charge in [-0.25, -0.2) is 12.7 Å². The van der Waals surface area contributed by atoms with Crippen LogP contribution in [0.3, 0.4) is 0 Å². The molecule has 0 aliphatic heterocycles. The third-order valence-electron chi connectivity index (χ3n) is 3.65. The Kier molecular flexibility index (Phi) is 3.07. The highest BCUT2D eigenvalue weighted by Crippen LogP contribution is 2.32. The highest BCUT2D eigenvalue weighted by molar-refractivity contribution is 7.89. The van der Waals surface area contributed by atoms with E-state index in [9.17, 15) is 8.42 Å². The van der Waals surface area contributed by atoms with E-state index in [2.05, 4.69) is 0 Å². The van der Waals surface area contributed by atoms with Crippen molar-refractivity contribution in [2.75, 3.05) is 13.6 Å². The third-order valence-corrected chi connectivity index (χ3v) is 5.53. The molecule has 3 rings (SSSR count). The van der Waals surface area contributed by atoms with Crippen molar-refractivity contribution in [3.8, 4) is 0 Å². The standard InChI is InChI=1S/C15H17NO2S/c1-16(11-12-9-10-12)19(17,18)15-8-4-6-13-5-2-3-7-14(13)15/h2-8,12H,9-11H2,1H3. The Morgan fingerprint density at radius 3 is 2.53 bits per heavy atom. The second-order valence-corrected chi connectivity index (χ2v) is 7.22. The van der Waals surface area contributed by atoms with E-state index in [1.807, 2.05) is 30.3 Å². The molecule has 0 amide bonds. The normalized spacial score (nSPS) is 16.1. The maximum absolute atomic E-state index is 12.6. The Bertz CT molecular complexity index is 700. The maximum atomic E-state index is 12.6. The largest absolute Gasteiger partial charge is 0.243 e. The maximum Gasteiger partial charge on any atom is 0.243 e. The molecule has 0 bridgehead atoms. The molecule has 4 heteroatoms. The van der Waals surface area contributed by atoms with Crippen molar-refractivity contribution in [2.24, 2.45) is 5.92 Å². The minimum Gasteiger partial charge on any atom is -0.207 e. The van der Waals surface area contributed by atoms with E-state index in [0.29, 0.717) is 17.4 Å². The zero-order valence-corrected chi connectivity index (χ0v) is 11.7. The van der Waals surface area contributed by atoms with Crippen LogP contribution in [-0.4, -0.2) is 26.3 Å². The van der Waals surface area contributed by atoms with Crippen molar-refractivity contribution in [3.05, 3.63) is 42.5 Å². The zero-order chi connectivity index (χ0) is 13.5. The van der Waals surface area contributed by atoms with Crippen molar-refractivity contribution in [1.82, 2.24) is 4.31 Å². The smallest absolute Gasteiger partial charge is 0.207 e. The lowest BCUT2D eigenvalue weighted by atomic mass is 10.1. The van der Waals surface area contributed by atoms with Crippen molar-refractivity contribution < 1.29 is 8.42 Å². The SMILES string of the molecule is CN(CC1CC1)S(=O)(=O)c1cccc2ccccc12. The molecule has 0 radical (unpaired) electrons. The first kappa shape index (κ1) is 12.6. The van der Waals surface area contributed by atoms with Crippen LogP contribution in [0, 0.1) is 5.92 Å². The second-order valence-electron chi connectivity index (χ2n) is 5.21.